The lowest BCUT2D eigenvalue weighted by Gasteiger charge is -2.13. The van der Waals surface area contributed by atoms with E-state index in [9.17, 15) is 53.2 Å². The third-order valence-electron chi connectivity index (χ3n) is 5.16. The number of nitrogens with one attached hydrogen (secondary N) is 1. The molecule has 17 nitrogen and oxygen atoms in total. The van der Waals surface area contributed by atoms with E-state index in [-0.39, 0.29) is 42.1 Å². The first-order valence-corrected chi connectivity index (χ1v) is 16.1. The highest BCUT2D eigenvalue weighted by Crippen LogP contribution is 2.36. The zero-order valence-electron chi connectivity index (χ0n) is 23.5. The van der Waals surface area contributed by atoms with Gasteiger partial charge in [0.25, 0.3) is 5.69 Å². The number of nitrogens with zero attached hydrogens (tertiary/aromatic N) is 3. The molecule has 19 heteroatoms. The predicted octanol–water partition coefficient (Wildman–Crippen LogP) is 2.76. The van der Waals surface area contributed by atoms with Gasteiger partial charge in [-0.2, -0.15) is 0 Å². The number of aliphatic hydroxyl groups is 1. The summed E-state index contributed by atoms with van der Waals surface area (Å²) in [5.74, 6) is 1.60. The summed E-state index contributed by atoms with van der Waals surface area (Å²) in [6.07, 6.45) is 6.23. The molecule has 2 aromatic rings. The molecule has 0 fully saturated rings. The Morgan fingerprint density at radius 2 is 1.56 bits per heavy atom. The molecule has 0 aliphatic carbocycles. The van der Waals surface area contributed by atoms with Crippen molar-refractivity contribution in [3.63, 3.8) is 0 Å². The van der Waals surface area contributed by atoms with Gasteiger partial charge in [0.15, 0.2) is 0 Å². The number of amides is 1. The average Bonchev–Trinajstić information content (AvgIpc) is 2.92. The van der Waals surface area contributed by atoms with Crippen LogP contribution in [0.15, 0.2) is 41.3 Å². The van der Waals surface area contributed by atoms with E-state index in [0.29, 0.717) is 18.8 Å². The molecule has 1 amide bonds. The van der Waals surface area contributed by atoms with Gasteiger partial charge in [0, 0.05) is 12.3 Å². The summed E-state index contributed by atoms with van der Waals surface area (Å²) in [6, 6.07) is 7.49. The first-order valence-electron chi connectivity index (χ1n) is 12.5. The van der Waals surface area contributed by atoms with Gasteiger partial charge in [-0.15, -0.1) is 0 Å². The second kappa shape index (κ2) is 17.9. The van der Waals surface area contributed by atoms with Crippen LogP contribution in [0, 0.1) is 30.3 Å². The van der Waals surface area contributed by atoms with E-state index in [1.807, 2.05) is 0 Å². The monoisotopic (exact) mass is 648 g/mol. The molecule has 238 valence electrons. The molecule has 0 saturated heterocycles. The summed E-state index contributed by atoms with van der Waals surface area (Å²) in [5.41, 5.74) is -3.36. The van der Waals surface area contributed by atoms with Crippen molar-refractivity contribution in [1.29, 1.82) is 0 Å². The van der Waals surface area contributed by atoms with E-state index in [4.69, 9.17) is 9.47 Å². The summed E-state index contributed by atoms with van der Waals surface area (Å²) in [4.78, 5) is 37.6. The minimum absolute atomic E-state index is 0.0320. The quantitative estimate of drug-likeness (QED) is 0.0873. The van der Waals surface area contributed by atoms with Crippen LogP contribution in [0.2, 0.25) is 0 Å². The molecule has 43 heavy (non-hydrogen) atoms. The van der Waals surface area contributed by atoms with Crippen LogP contribution in [-0.2, 0) is 30.5 Å². The number of nitro benzene ring substituents is 3. The smallest absolute Gasteiger partial charge is 0.300 e. The molecule has 2 rings (SSSR count). The number of rotatable bonds is 16. The second-order valence-electron chi connectivity index (χ2n) is 8.94. The lowest BCUT2D eigenvalue weighted by molar-refractivity contribution is -0.407. The van der Waals surface area contributed by atoms with E-state index in [1.54, 1.807) is 24.3 Å². The topological polar surface area (TPSA) is 254 Å². The Balaban J connectivity index is 0.000000442. The first-order chi connectivity index (χ1) is 20.1. The van der Waals surface area contributed by atoms with Crippen LogP contribution in [0.1, 0.15) is 26.2 Å². The van der Waals surface area contributed by atoms with Gasteiger partial charge >= 0.3 is 11.4 Å². The normalized spacial score (nSPS) is 11.7. The van der Waals surface area contributed by atoms with E-state index in [2.05, 4.69) is 24.8 Å². The zero-order valence-corrected chi connectivity index (χ0v) is 25.1. The SMILES string of the molecule is CCCCOCC(O)COc1ccc(NC(=O)CC[S+](C)C)cc1.O=[N+]([O-])c1cc([N+](=O)[O-])c(S(=O)(=O)[O-])c([N+](=O)[O-])c1. The molecule has 2 aromatic carbocycles. The molecule has 1 atom stereocenters. The van der Waals surface area contributed by atoms with Crippen molar-refractivity contribution in [3.8, 4) is 5.75 Å². The lowest BCUT2D eigenvalue weighted by atomic mass is 10.2. The van der Waals surface area contributed by atoms with E-state index in [1.165, 1.54) is 0 Å². The number of carbonyl (C=O) groups excluding carboxylic acids is 1. The molecule has 1 unspecified atom stereocenters. The molecule has 0 aliphatic rings. The van der Waals surface area contributed by atoms with Gasteiger partial charge < -0.3 is 24.4 Å². The maximum Gasteiger partial charge on any atom is 0.300 e. The zero-order chi connectivity index (χ0) is 32.7. The summed E-state index contributed by atoms with van der Waals surface area (Å²) in [6.45, 7) is 3.23. The van der Waals surface area contributed by atoms with Crippen LogP contribution in [-0.4, -0.2) is 82.9 Å². The summed E-state index contributed by atoms with van der Waals surface area (Å²) >= 11 is 0. The van der Waals surface area contributed by atoms with Crippen molar-refractivity contribution < 1.29 is 47.1 Å². The fraction of sp³-hybridized carbons (Fsp3) is 0.458. The number of nitro groups is 3. The Kier molecular flexibility index (Phi) is 15.5. The number of unbranched alkanes of at least 4 members (excludes halogenated alkanes) is 1. The van der Waals surface area contributed by atoms with Crippen molar-refractivity contribution in [1.82, 2.24) is 0 Å². The number of hydrogen-bond acceptors (Lipinski definition) is 13. The number of carbonyl (C=O) groups is 1. The van der Waals surface area contributed by atoms with Crippen LogP contribution in [0.3, 0.4) is 0 Å². The average molecular weight is 649 g/mol. The Morgan fingerprint density at radius 3 is 2.00 bits per heavy atom. The maximum absolute atomic E-state index is 11.8. The summed E-state index contributed by atoms with van der Waals surface area (Å²) in [7, 11) is -5.28. The maximum atomic E-state index is 11.8. The van der Waals surface area contributed by atoms with Gasteiger partial charge in [0.2, 0.25) is 10.8 Å². The molecule has 0 spiro atoms. The van der Waals surface area contributed by atoms with Gasteiger partial charge in [-0.05, 0) is 41.6 Å². The van der Waals surface area contributed by atoms with Crippen LogP contribution in [0.5, 0.6) is 5.75 Å². The number of ether oxygens (including phenoxy) is 2. The van der Waals surface area contributed by atoms with Crippen LogP contribution in [0.25, 0.3) is 0 Å². The highest BCUT2D eigenvalue weighted by Gasteiger charge is 2.34. The van der Waals surface area contributed by atoms with Gasteiger partial charge in [0.1, 0.15) is 34.3 Å². The van der Waals surface area contributed by atoms with Crippen LogP contribution >= 0.6 is 0 Å². The molecule has 0 aliphatic heterocycles. The molecule has 0 heterocycles. The van der Waals surface area contributed by atoms with Gasteiger partial charge in [-0.3, -0.25) is 35.1 Å². The first kappa shape index (κ1) is 37.1. The molecule has 0 radical (unpaired) electrons. The molecule has 0 bridgehead atoms. The van der Waals surface area contributed by atoms with Crippen LogP contribution < -0.4 is 10.1 Å². The predicted molar refractivity (Wildman–Crippen MR) is 155 cm³/mol. The molecular weight excluding hydrogens is 616 g/mol. The third-order valence-corrected chi connectivity index (χ3v) is 7.10. The second-order valence-corrected chi connectivity index (χ2v) is 12.6. The number of hydrogen-bond donors (Lipinski definition) is 2. The fourth-order valence-corrected chi connectivity index (χ4v) is 4.45. The minimum Gasteiger partial charge on any atom is -0.744 e. The highest BCUT2D eigenvalue weighted by molar-refractivity contribution is 7.95. The minimum atomic E-state index is -5.55. The van der Waals surface area contributed by atoms with Crippen molar-refractivity contribution in [2.75, 3.05) is 43.4 Å². The number of non-ortho nitro benzene ring substituents is 1. The molecular formula is C24H32N4O13S2. The van der Waals surface area contributed by atoms with Crippen molar-refractivity contribution >= 4 is 49.7 Å². The highest BCUT2D eigenvalue weighted by atomic mass is 32.2. The van der Waals surface area contributed by atoms with Gasteiger partial charge in [-0.1, -0.05) is 13.3 Å². The number of aliphatic hydroxyl groups excluding tert-OH is 1. The van der Waals surface area contributed by atoms with Gasteiger partial charge in [0.05, 0.1) is 52.4 Å². The van der Waals surface area contributed by atoms with Crippen molar-refractivity contribution in [2.24, 2.45) is 0 Å². The Labute approximate surface area is 249 Å². The van der Waals surface area contributed by atoms with E-state index < -0.39 is 52.9 Å². The number of benzene rings is 2. The molecule has 0 aromatic heterocycles. The Hall–Kier alpha value is -3.91. The Bertz CT molecular complexity index is 1330. The number of anilines is 1. The fourth-order valence-electron chi connectivity index (χ4n) is 3.08. The van der Waals surface area contributed by atoms with Crippen LogP contribution in [0.4, 0.5) is 22.7 Å². The summed E-state index contributed by atoms with van der Waals surface area (Å²) in [5, 5.41) is 44.2. The molecule has 0 saturated carbocycles. The van der Waals surface area contributed by atoms with Gasteiger partial charge in [-0.25, -0.2) is 8.42 Å². The standard InChI is InChI=1S/C18H29NO4S.C6H3N3O9S/c1-4-5-11-22-13-16(20)14-23-17-8-6-15(7-9-17)19-18(21)10-12-24(2)3;10-7(11)3-1-4(8(12)13)6(19(16,17)18)5(2-3)9(14)15/h6-9,16,20H,4-5,10-14H2,1-3H3;1-2H,(H,16,17,18). The largest absolute Gasteiger partial charge is 0.744 e. The van der Waals surface area contributed by atoms with E-state index >= 15 is 0 Å². The van der Waals surface area contributed by atoms with E-state index in [0.717, 1.165) is 24.3 Å². The molecule has 2 N–H and O–H groups in total. The lowest BCUT2D eigenvalue weighted by Crippen LogP contribution is -2.23. The third kappa shape index (κ3) is 13.7. The Morgan fingerprint density at radius 1 is 1.00 bits per heavy atom. The summed E-state index contributed by atoms with van der Waals surface area (Å²) < 4.78 is 43.4. The van der Waals surface area contributed by atoms with Crippen molar-refractivity contribution in [2.45, 2.75) is 37.2 Å². The van der Waals surface area contributed by atoms with Crippen molar-refractivity contribution in [3.05, 3.63) is 66.7 Å².